The molecule has 0 aromatic heterocycles. The maximum Gasteiger partial charge on any atom is 0.338 e. The third-order valence-electron chi connectivity index (χ3n) is 8.36. The van der Waals surface area contributed by atoms with Crippen LogP contribution in [0.2, 0.25) is 0 Å². The summed E-state index contributed by atoms with van der Waals surface area (Å²) in [5.41, 5.74) is -1.80. The first kappa shape index (κ1) is 33.7. The lowest BCUT2D eigenvalue weighted by molar-refractivity contribution is -0.186. The van der Waals surface area contributed by atoms with Gasteiger partial charge in [-0.25, -0.2) is 4.79 Å². The van der Waals surface area contributed by atoms with Crippen LogP contribution in [0.1, 0.15) is 78.6 Å². The van der Waals surface area contributed by atoms with Crippen molar-refractivity contribution in [3.05, 3.63) is 59.2 Å². The van der Waals surface area contributed by atoms with E-state index in [0.29, 0.717) is 16.7 Å². The summed E-state index contributed by atoms with van der Waals surface area (Å²) in [4.78, 5) is 64.2. The zero-order valence-corrected chi connectivity index (χ0v) is 26.0. The van der Waals surface area contributed by atoms with Crippen molar-refractivity contribution in [3.63, 3.8) is 0 Å². The van der Waals surface area contributed by atoms with Crippen molar-refractivity contribution in [1.29, 1.82) is 0 Å². The minimum absolute atomic E-state index is 0.119. The molecule has 1 N–H and O–H groups in total. The van der Waals surface area contributed by atoms with E-state index < -0.39 is 71.1 Å². The third kappa shape index (κ3) is 7.41. The minimum atomic E-state index is -1.59. The fourth-order valence-corrected chi connectivity index (χ4v) is 6.06. The van der Waals surface area contributed by atoms with Crippen LogP contribution in [-0.4, -0.2) is 64.8 Å². The number of ether oxygens (including phenoxy) is 4. The normalized spacial score (nSPS) is 33.2. The number of benzene rings is 1. The largest absolute Gasteiger partial charge is 0.458 e. The second kappa shape index (κ2) is 13.2. The number of hydrogen-bond acceptors (Lipinski definition) is 10. The molecule has 10 nitrogen and oxygen atoms in total. The molecule has 7 atom stereocenters. The quantitative estimate of drug-likeness (QED) is 0.296. The van der Waals surface area contributed by atoms with E-state index in [1.807, 2.05) is 6.92 Å². The van der Waals surface area contributed by atoms with E-state index in [0.717, 1.165) is 0 Å². The first-order valence-electron chi connectivity index (χ1n) is 14.4. The van der Waals surface area contributed by atoms with Crippen molar-refractivity contribution in [2.75, 3.05) is 0 Å². The lowest BCUT2D eigenvalue weighted by Gasteiger charge is -2.42. The maximum absolute atomic E-state index is 13.5. The molecule has 43 heavy (non-hydrogen) atoms. The zero-order chi connectivity index (χ0) is 32.3. The van der Waals surface area contributed by atoms with Gasteiger partial charge in [0.05, 0.1) is 23.0 Å². The molecule has 2 aliphatic rings. The molecule has 0 heterocycles. The maximum atomic E-state index is 13.5. The number of rotatable bonds is 5. The van der Waals surface area contributed by atoms with Gasteiger partial charge in [-0.15, -0.1) is 0 Å². The number of fused-ring (bicyclic) bond motifs is 1. The predicted octanol–water partition coefficient (Wildman–Crippen LogP) is 4.29. The summed E-state index contributed by atoms with van der Waals surface area (Å²) >= 11 is 0. The number of aliphatic hydroxyl groups is 1. The van der Waals surface area contributed by atoms with Gasteiger partial charge in [-0.1, -0.05) is 51.1 Å². The number of carbonyl (C=O) groups excluding carboxylic acids is 5. The molecule has 0 spiro atoms. The second-order valence-corrected chi connectivity index (χ2v) is 12.2. The van der Waals surface area contributed by atoms with Crippen LogP contribution in [0.5, 0.6) is 0 Å². The highest BCUT2D eigenvalue weighted by Crippen LogP contribution is 2.51. The highest BCUT2D eigenvalue weighted by atomic mass is 16.6. The molecular weight excluding hydrogens is 556 g/mol. The highest BCUT2D eigenvalue weighted by Gasteiger charge is 2.61. The van der Waals surface area contributed by atoms with E-state index in [-0.39, 0.29) is 18.6 Å². The Morgan fingerprint density at radius 3 is 2.02 bits per heavy atom. The van der Waals surface area contributed by atoms with Gasteiger partial charge in [-0.05, 0) is 49.5 Å². The fourth-order valence-electron chi connectivity index (χ4n) is 6.06. The molecule has 10 heteroatoms. The van der Waals surface area contributed by atoms with Gasteiger partial charge in [0.15, 0.2) is 11.7 Å². The molecule has 234 valence electrons. The highest BCUT2D eigenvalue weighted by molar-refractivity contribution is 5.89. The van der Waals surface area contributed by atoms with Crippen LogP contribution in [0, 0.1) is 17.3 Å². The summed E-state index contributed by atoms with van der Waals surface area (Å²) in [5, 5.41) is 11.3. The molecule has 0 radical (unpaired) electrons. The monoisotopic (exact) mass is 598 g/mol. The van der Waals surface area contributed by atoms with Gasteiger partial charge in [-0.2, -0.15) is 0 Å². The summed E-state index contributed by atoms with van der Waals surface area (Å²) in [6.07, 6.45) is -1.48. The summed E-state index contributed by atoms with van der Waals surface area (Å²) in [6, 6.07) is 8.41. The van der Waals surface area contributed by atoms with Crippen LogP contribution in [0.25, 0.3) is 0 Å². The van der Waals surface area contributed by atoms with E-state index in [2.05, 4.69) is 0 Å². The van der Waals surface area contributed by atoms with Crippen molar-refractivity contribution in [2.24, 2.45) is 17.3 Å². The molecule has 0 bridgehead atoms. The van der Waals surface area contributed by atoms with Gasteiger partial charge in [0.1, 0.15) is 18.0 Å². The molecule has 2 aliphatic carbocycles. The second-order valence-electron chi connectivity index (χ2n) is 12.2. The van der Waals surface area contributed by atoms with Gasteiger partial charge >= 0.3 is 23.9 Å². The first-order valence-corrected chi connectivity index (χ1v) is 14.4. The molecule has 0 amide bonds. The van der Waals surface area contributed by atoms with Gasteiger partial charge < -0.3 is 24.1 Å². The van der Waals surface area contributed by atoms with Gasteiger partial charge in [0.2, 0.25) is 0 Å². The number of ketones is 1. The summed E-state index contributed by atoms with van der Waals surface area (Å²) in [7, 11) is 0. The SMILES string of the molecule is CC(=O)O[C@H]1CC(=O)C(C)(C)[C@@H](O)/C=C(/C)[C@H](OC(C)=O)[C@@]2(OC(C)=O)C[C@@H](C)[C@H](OC(=O)c3ccccc3)[C@@H]2/C=C/1C. The Morgan fingerprint density at radius 2 is 1.47 bits per heavy atom. The molecule has 3 rings (SSSR count). The van der Waals surface area contributed by atoms with Crippen molar-refractivity contribution < 1.29 is 48.0 Å². The Balaban J connectivity index is 2.33. The zero-order valence-electron chi connectivity index (χ0n) is 26.0. The molecule has 0 unspecified atom stereocenters. The number of carbonyl (C=O) groups is 5. The van der Waals surface area contributed by atoms with Crippen LogP contribution in [0.4, 0.5) is 0 Å². The Labute approximate surface area is 252 Å². The number of hydrogen-bond donors (Lipinski definition) is 1. The lowest BCUT2D eigenvalue weighted by atomic mass is 9.75. The van der Waals surface area contributed by atoms with Crippen LogP contribution in [0.15, 0.2) is 53.6 Å². The third-order valence-corrected chi connectivity index (χ3v) is 8.36. The number of aliphatic hydroxyl groups excluding tert-OH is 1. The number of esters is 4. The number of Topliss-reactive ketones (excluding diaryl/α,β-unsaturated/α-hetero) is 1. The molecule has 1 aromatic carbocycles. The minimum Gasteiger partial charge on any atom is -0.458 e. The summed E-state index contributed by atoms with van der Waals surface area (Å²) in [6.45, 7) is 11.9. The van der Waals surface area contributed by atoms with Gasteiger partial charge in [0.25, 0.3) is 0 Å². The lowest BCUT2D eigenvalue weighted by Crippen LogP contribution is -2.53. The predicted molar refractivity (Wildman–Crippen MR) is 155 cm³/mol. The Hall–Kier alpha value is -3.79. The Kier molecular flexibility index (Phi) is 10.4. The van der Waals surface area contributed by atoms with E-state index in [4.69, 9.17) is 18.9 Å². The Bertz CT molecular complexity index is 1310. The first-order chi connectivity index (χ1) is 20.0. The molecule has 1 fully saturated rings. The van der Waals surface area contributed by atoms with Crippen LogP contribution < -0.4 is 0 Å². The average molecular weight is 599 g/mol. The average Bonchev–Trinajstić information content (AvgIpc) is 3.15. The van der Waals surface area contributed by atoms with E-state index in [1.165, 1.54) is 26.8 Å². The molecule has 0 saturated heterocycles. The van der Waals surface area contributed by atoms with Crippen molar-refractivity contribution >= 4 is 29.7 Å². The van der Waals surface area contributed by atoms with E-state index in [9.17, 15) is 29.1 Å². The fraction of sp³-hybridized carbons (Fsp3) is 0.545. The van der Waals surface area contributed by atoms with Crippen molar-refractivity contribution in [2.45, 2.75) is 98.2 Å². The Morgan fingerprint density at radius 1 is 0.860 bits per heavy atom. The van der Waals surface area contributed by atoms with E-state index in [1.54, 1.807) is 64.1 Å². The summed E-state index contributed by atoms with van der Waals surface area (Å²) < 4.78 is 23.6. The molecule has 1 aromatic rings. The van der Waals surface area contributed by atoms with Crippen molar-refractivity contribution in [1.82, 2.24) is 0 Å². The molecular formula is C33H42O10. The topological polar surface area (TPSA) is 143 Å². The standard InChI is InChI=1S/C33H42O10/c1-18-14-25-29(42-31(39)24-12-10-9-11-13-24)20(3)17-33(25,43-23(6)36)30(41-22(5)35)19(2)15-27(37)32(7,8)28(38)16-26(18)40-21(4)34/h9-15,20,25-27,29-30,37H,16-17H2,1-8H3/b18-14+,19-15-/t20-,25+,26+,27+,29+,30+,33-/m1/s1. The molecule has 0 aliphatic heterocycles. The van der Waals surface area contributed by atoms with Gasteiger partial charge in [0, 0.05) is 27.2 Å². The van der Waals surface area contributed by atoms with Crippen LogP contribution >= 0.6 is 0 Å². The smallest absolute Gasteiger partial charge is 0.338 e. The molecule has 1 saturated carbocycles. The van der Waals surface area contributed by atoms with Gasteiger partial charge in [-0.3, -0.25) is 19.2 Å². The van der Waals surface area contributed by atoms with Crippen LogP contribution in [-0.2, 0) is 38.1 Å². The van der Waals surface area contributed by atoms with Crippen LogP contribution in [0.3, 0.4) is 0 Å². The summed E-state index contributed by atoms with van der Waals surface area (Å²) in [5.74, 6) is -4.25. The van der Waals surface area contributed by atoms with E-state index >= 15 is 0 Å². The van der Waals surface area contributed by atoms with Crippen molar-refractivity contribution in [3.8, 4) is 0 Å².